The van der Waals surface area contributed by atoms with Gasteiger partial charge in [0.1, 0.15) is 5.01 Å². The average Bonchev–Trinajstić information content (AvgIpc) is 2.96. The summed E-state index contributed by atoms with van der Waals surface area (Å²) in [4.78, 5) is 5.47. The fourth-order valence-corrected chi connectivity index (χ4v) is 3.25. The molecule has 0 amide bonds. The highest BCUT2D eigenvalue weighted by molar-refractivity contribution is 7.16. The molecule has 0 saturated carbocycles. The second-order valence-electron chi connectivity index (χ2n) is 5.11. The molecule has 1 N–H and O–H groups in total. The van der Waals surface area contributed by atoms with Gasteiger partial charge in [0.25, 0.3) is 0 Å². The zero-order chi connectivity index (χ0) is 14.1. The SMILES string of the molecule is CC(C)c1nc2sc(Cc3ccccc3)nn2c1CO. The molecule has 2 aromatic heterocycles. The number of hydrogen-bond donors (Lipinski definition) is 1. The lowest BCUT2D eigenvalue weighted by molar-refractivity contribution is 0.272. The van der Waals surface area contributed by atoms with Gasteiger partial charge in [-0.3, -0.25) is 0 Å². The largest absolute Gasteiger partial charge is 0.390 e. The quantitative estimate of drug-likeness (QED) is 0.802. The summed E-state index contributed by atoms with van der Waals surface area (Å²) in [7, 11) is 0. The normalized spacial score (nSPS) is 11.6. The number of aliphatic hydroxyl groups excluding tert-OH is 1. The van der Waals surface area contributed by atoms with Gasteiger partial charge in [-0.2, -0.15) is 5.10 Å². The number of fused-ring (bicyclic) bond motifs is 1. The van der Waals surface area contributed by atoms with Crippen molar-refractivity contribution in [1.82, 2.24) is 14.6 Å². The Bertz CT molecular complexity index is 715. The molecular weight excluding hydrogens is 270 g/mol. The van der Waals surface area contributed by atoms with Gasteiger partial charge in [0.05, 0.1) is 18.0 Å². The Morgan fingerprint density at radius 1 is 1.25 bits per heavy atom. The van der Waals surface area contributed by atoms with E-state index in [9.17, 15) is 5.11 Å². The van der Waals surface area contributed by atoms with E-state index in [1.807, 2.05) is 18.2 Å². The molecule has 5 heteroatoms. The number of hydrogen-bond acceptors (Lipinski definition) is 4. The van der Waals surface area contributed by atoms with E-state index >= 15 is 0 Å². The fourth-order valence-electron chi connectivity index (χ4n) is 2.30. The zero-order valence-electron chi connectivity index (χ0n) is 11.6. The molecule has 0 saturated heterocycles. The number of aliphatic hydroxyl groups is 1. The number of nitrogens with zero attached hydrogens (tertiary/aromatic N) is 3. The van der Waals surface area contributed by atoms with Crippen LogP contribution in [0.15, 0.2) is 30.3 Å². The summed E-state index contributed by atoms with van der Waals surface area (Å²) in [6, 6.07) is 10.3. The predicted octanol–water partition coefficient (Wildman–Crippen LogP) is 3.00. The van der Waals surface area contributed by atoms with E-state index in [-0.39, 0.29) is 6.61 Å². The van der Waals surface area contributed by atoms with E-state index in [0.717, 1.165) is 27.8 Å². The first-order chi connectivity index (χ1) is 9.69. The van der Waals surface area contributed by atoms with E-state index in [2.05, 4.69) is 36.1 Å². The Hall–Kier alpha value is -1.72. The van der Waals surface area contributed by atoms with Crippen molar-refractivity contribution < 1.29 is 5.11 Å². The molecule has 0 fully saturated rings. The summed E-state index contributed by atoms with van der Waals surface area (Å²) in [5.74, 6) is 0.295. The van der Waals surface area contributed by atoms with Gasteiger partial charge in [0, 0.05) is 6.42 Å². The van der Waals surface area contributed by atoms with Crippen molar-refractivity contribution in [2.45, 2.75) is 32.8 Å². The summed E-state index contributed by atoms with van der Waals surface area (Å²) < 4.78 is 1.79. The van der Waals surface area contributed by atoms with Crippen molar-refractivity contribution in [3.8, 4) is 0 Å². The molecule has 0 spiro atoms. The Morgan fingerprint density at radius 3 is 2.65 bits per heavy atom. The van der Waals surface area contributed by atoms with Crippen molar-refractivity contribution in [1.29, 1.82) is 0 Å². The Labute approximate surface area is 121 Å². The minimum atomic E-state index is -0.0246. The first kappa shape index (κ1) is 13.3. The van der Waals surface area contributed by atoms with E-state index in [4.69, 9.17) is 0 Å². The second kappa shape index (κ2) is 5.34. The van der Waals surface area contributed by atoms with Crippen molar-refractivity contribution in [2.24, 2.45) is 0 Å². The number of rotatable bonds is 4. The van der Waals surface area contributed by atoms with Gasteiger partial charge in [0.15, 0.2) is 0 Å². The smallest absolute Gasteiger partial charge is 0.212 e. The van der Waals surface area contributed by atoms with Gasteiger partial charge in [0.2, 0.25) is 4.96 Å². The van der Waals surface area contributed by atoms with Crippen LogP contribution in [-0.4, -0.2) is 19.7 Å². The maximum atomic E-state index is 9.56. The van der Waals surface area contributed by atoms with Crippen LogP contribution in [0.5, 0.6) is 0 Å². The van der Waals surface area contributed by atoms with Crippen LogP contribution in [-0.2, 0) is 13.0 Å². The highest BCUT2D eigenvalue weighted by Crippen LogP contribution is 2.25. The summed E-state index contributed by atoms with van der Waals surface area (Å²) in [5, 5.41) is 15.2. The zero-order valence-corrected chi connectivity index (χ0v) is 12.4. The lowest BCUT2D eigenvalue weighted by atomic mass is 10.1. The molecule has 0 aliphatic heterocycles. The molecule has 3 aromatic rings. The van der Waals surface area contributed by atoms with Crippen LogP contribution >= 0.6 is 11.3 Å². The Kier molecular flexibility index (Phi) is 3.54. The second-order valence-corrected chi connectivity index (χ2v) is 6.15. The van der Waals surface area contributed by atoms with Crippen LogP contribution in [0.25, 0.3) is 4.96 Å². The third-order valence-corrected chi connectivity index (χ3v) is 4.17. The minimum absolute atomic E-state index is 0.0246. The molecule has 1 aromatic carbocycles. The first-order valence-electron chi connectivity index (χ1n) is 6.71. The van der Waals surface area contributed by atoms with Gasteiger partial charge in [-0.1, -0.05) is 55.5 Å². The molecule has 0 aliphatic rings. The predicted molar refractivity (Wildman–Crippen MR) is 80.1 cm³/mol. The molecule has 0 unspecified atom stereocenters. The number of imidazole rings is 1. The minimum Gasteiger partial charge on any atom is -0.390 e. The molecule has 0 atom stereocenters. The van der Waals surface area contributed by atoms with E-state index in [1.165, 1.54) is 5.56 Å². The van der Waals surface area contributed by atoms with Crippen LogP contribution in [0.3, 0.4) is 0 Å². The van der Waals surface area contributed by atoms with Gasteiger partial charge in [-0.15, -0.1) is 0 Å². The van der Waals surface area contributed by atoms with Gasteiger partial charge in [-0.25, -0.2) is 9.50 Å². The van der Waals surface area contributed by atoms with Crippen molar-refractivity contribution in [2.75, 3.05) is 0 Å². The molecular formula is C15H17N3OS. The van der Waals surface area contributed by atoms with Crippen molar-refractivity contribution in [3.63, 3.8) is 0 Å². The third kappa shape index (κ3) is 2.34. The first-order valence-corrected chi connectivity index (χ1v) is 7.52. The maximum absolute atomic E-state index is 9.56. The average molecular weight is 287 g/mol. The molecule has 104 valence electrons. The Balaban J connectivity index is 1.97. The Morgan fingerprint density at radius 2 is 2.00 bits per heavy atom. The molecule has 4 nitrogen and oxygen atoms in total. The lowest BCUT2D eigenvalue weighted by Gasteiger charge is -2.02. The molecule has 0 radical (unpaired) electrons. The van der Waals surface area contributed by atoms with Gasteiger partial charge >= 0.3 is 0 Å². The van der Waals surface area contributed by atoms with Crippen LogP contribution < -0.4 is 0 Å². The van der Waals surface area contributed by atoms with Crippen LogP contribution in [0.4, 0.5) is 0 Å². The number of aromatic nitrogens is 3. The van der Waals surface area contributed by atoms with E-state index in [1.54, 1.807) is 15.9 Å². The summed E-state index contributed by atoms with van der Waals surface area (Å²) in [6.45, 7) is 4.14. The maximum Gasteiger partial charge on any atom is 0.212 e. The summed E-state index contributed by atoms with van der Waals surface area (Å²) in [6.07, 6.45) is 0.802. The molecule has 3 rings (SSSR count). The molecule has 20 heavy (non-hydrogen) atoms. The van der Waals surface area contributed by atoms with Gasteiger partial charge in [-0.05, 0) is 11.5 Å². The monoisotopic (exact) mass is 287 g/mol. The highest BCUT2D eigenvalue weighted by atomic mass is 32.1. The van der Waals surface area contributed by atoms with E-state index in [0.29, 0.717) is 5.92 Å². The topological polar surface area (TPSA) is 50.4 Å². The fraction of sp³-hybridized carbons (Fsp3) is 0.333. The molecule has 0 bridgehead atoms. The highest BCUT2D eigenvalue weighted by Gasteiger charge is 2.17. The van der Waals surface area contributed by atoms with Crippen molar-refractivity contribution in [3.05, 3.63) is 52.3 Å². The molecule has 2 heterocycles. The standard InChI is InChI=1S/C15H17N3OS/c1-10(2)14-12(9-19)18-15(16-14)20-13(17-18)8-11-6-4-3-5-7-11/h3-7,10,19H,8-9H2,1-2H3. The summed E-state index contributed by atoms with van der Waals surface area (Å²) >= 11 is 1.59. The summed E-state index contributed by atoms with van der Waals surface area (Å²) in [5.41, 5.74) is 2.99. The molecule has 0 aliphatic carbocycles. The van der Waals surface area contributed by atoms with Crippen LogP contribution in [0, 0.1) is 0 Å². The lowest BCUT2D eigenvalue weighted by Crippen LogP contribution is -2.00. The third-order valence-electron chi connectivity index (χ3n) is 3.26. The van der Waals surface area contributed by atoms with Gasteiger partial charge < -0.3 is 5.11 Å². The number of benzene rings is 1. The van der Waals surface area contributed by atoms with Crippen LogP contribution in [0.2, 0.25) is 0 Å². The van der Waals surface area contributed by atoms with Crippen LogP contribution in [0.1, 0.15) is 41.7 Å². The van der Waals surface area contributed by atoms with E-state index < -0.39 is 0 Å². The van der Waals surface area contributed by atoms with Crippen molar-refractivity contribution >= 4 is 16.3 Å².